The molecule has 0 unspecified atom stereocenters. The van der Waals surface area contributed by atoms with Crippen LogP contribution in [0, 0.1) is 11.6 Å². The van der Waals surface area contributed by atoms with Gasteiger partial charge in [-0.15, -0.1) is 0 Å². The van der Waals surface area contributed by atoms with Gasteiger partial charge in [0.1, 0.15) is 11.6 Å². The molecule has 0 radical (unpaired) electrons. The van der Waals surface area contributed by atoms with Crippen molar-refractivity contribution in [3.8, 4) is 0 Å². The smallest absolute Gasteiger partial charge is 0.335 e. The van der Waals surface area contributed by atoms with Crippen LogP contribution in [-0.4, -0.2) is 19.9 Å². The number of aromatic amines is 1. The van der Waals surface area contributed by atoms with Crippen molar-refractivity contribution in [3.63, 3.8) is 0 Å². The lowest BCUT2D eigenvalue weighted by molar-refractivity contribution is -0.144. The van der Waals surface area contributed by atoms with Gasteiger partial charge in [0.05, 0.1) is 22.5 Å². The Morgan fingerprint density at radius 3 is 1.46 bits per heavy atom. The lowest BCUT2D eigenvalue weighted by atomic mass is 10.2. The first-order valence-corrected chi connectivity index (χ1v) is 9.65. The second kappa shape index (κ2) is 8.74. The van der Waals surface area contributed by atoms with E-state index in [1.54, 1.807) is 0 Å². The van der Waals surface area contributed by atoms with Gasteiger partial charge in [-0.3, -0.25) is 0 Å². The average molecular weight is 542 g/mol. The maximum absolute atomic E-state index is 14.4. The highest BCUT2D eigenvalue weighted by molar-refractivity contribution is 5.80. The molecule has 0 aliphatic heterocycles. The minimum Gasteiger partial charge on any atom is -0.335 e. The van der Waals surface area contributed by atoms with Crippen LogP contribution in [0.5, 0.6) is 0 Å². The fourth-order valence-corrected chi connectivity index (χ4v) is 2.98. The van der Waals surface area contributed by atoms with Crippen LogP contribution in [0.1, 0.15) is 17.0 Å². The zero-order valence-electron chi connectivity index (χ0n) is 17.5. The Labute approximate surface area is 197 Å². The molecule has 2 aromatic heterocycles. The van der Waals surface area contributed by atoms with E-state index in [0.717, 1.165) is 0 Å². The van der Waals surface area contributed by atoms with E-state index >= 15 is 0 Å². The Bertz CT molecular complexity index is 1370. The van der Waals surface area contributed by atoms with Crippen LogP contribution in [0.15, 0.2) is 36.4 Å². The number of benzene rings is 2. The molecular formula is C20H9F11N6. The van der Waals surface area contributed by atoms with Gasteiger partial charge in [-0.1, -0.05) is 0 Å². The summed E-state index contributed by atoms with van der Waals surface area (Å²) in [6.07, 6.45) is -14.7. The van der Waals surface area contributed by atoms with E-state index in [-0.39, 0.29) is 12.1 Å². The molecule has 2 heterocycles. The van der Waals surface area contributed by atoms with Crippen molar-refractivity contribution in [1.82, 2.24) is 19.9 Å². The minimum atomic E-state index is -4.97. The lowest BCUT2D eigenvalue weighted by Crippen LogP contribution is -2.09. The number of nitrogens with one attached hydrogen (secondary N) is 3. The third-order valence-corrected chi connectivity index (χ3v) is 4.70. The van der Waals surface area contributed by atoms with E-state index in [1.165, 1.54) is 0 Å². The fourth-order valence-electron chi connectivity index (χ4n) is 2.98. The topological polar surface area (TPSA) is 78.5 Å². The third kappa shape index (κ3) is 5.49. The number of fused-ring (bicyclic) bond motifs is 1. The van der Waals surface area contributed by atoms with Gasteiger partial charge in [0, 0.05) is 0 Å². The molecule has 0 aliphatic carbocycles. The molecule has 6 nitrogen and oxygen atoms in total. The van der Waals surface area contributed by atoms with Crippen molar-refractivity contribution < 1.29 is 48.3 Å². The second-order valence-electron chi connectivity index (χ2n) is 7.31. The van der Waals surface area contributed by atoms with Gasteiger partial charge in [0.2, 0.25) is 5.82 Å². The van der Waals surface area contributed by atoms with E-state index in [2.05, 4.69) is 25.6 Å². The molecular weight excluding hydrogens is 533 g/mol. The summed E-state index contributed by atoms with van der Waals surface area (Å²) in [5.41, 5.74) is -5.21. The first-order valence-electron chi connectivity index (χ1n) is 9.65. The van der Waals surface area contributed by atoms with Crippen LogP contribution in [0.2, 0.25) is 0 Å². The van der Waals surface area contributed by atoms with Crippen molar-refractivity contribution in [1.29, 1.82) is 0 Å². The van der Waals surface area contributed by atoms with E-state index in [1.807, 2.05) is 4.98 Å². The SMILES string of the molecule is Fc1cc(C(F)(F)F)ccc1Nc1nc2nc(C(F)(F)F)[nH]c2nc1Nc1ccc(C(F)(F)F)cc1F. The molecule has 0 fully saturated rings. The number of nitrogens with zero attached hydrogens (tertiary/aromatic N) is 3. The van der Waals surface area contributed by atoms with Crippen molar-refractivity contribution in [2.24, 2.45) is 0 Å². The molecule has 0 aliphatic rings. The van der Waals surface area contributed by atoms with Crippen molar-refractivity contribution in [2.45, 2.75) is 18.5 Å². The number of H-pyrrole nitrogens is 1. The fraction of sp³-hybridized carbons (Fsp3) is 0.150. The monoisotopic (exact) mass is 542 g/mol. The standard InChI is InChI=1S/C20H9F11N6/c21-9-5-7(18(23,24)25)1-3-11(9)32-13-14(33-12-4-2-8(6-10(12)22)19(26,27)28)35-16-15(34-13)36-17(37-16)20(29,30)31/h1-6H,(H3,32,33,34,35,36,37). The largest absolute Gasteiger partial charge is 0.449 e. The van der Waals surface area contributed by atoms with E-state index in [9.17, 15) is 48.3 Å². The third-order valence-electron chi connectivity index (χ3n) is 4.70. The first-order chi connectivity index (χ1) is 17.0. The lowest BCUT2D eigenvalue weighted by Gasteiger charge is -2.15. The van der Waals surface area contributed by atoms with Crippen molar-refractivity contribution in [3.05, 3.63) is 65.0 Å². The number of aromatic nitrogens is 4. The van der Waals surface area contributed by atoms with Crippen LogP contribution in [0.25, 0.3) is 11.3 Å². The quantitative estimate of drug-likeness (QED) is 0.238. The molecule has 2 aromatic carbocycles. The molecule has 0 saturated carbocycles. The number of rotatable bonds is 4. The highest BCUT2D eigenvalue weighted by atomic mass is 19.4. The predicted octanol–water partition coefficient (Wildman–Crippen LogP) is 7.17. The van der Waals surface area contributed by atoms with Gasteiger partial charge in [-0.05, 0) is 36.4 Å². The van der Waals surface area contributed by atoms with Gasteiger partial charge in [-0.25, -0.2) is 23.7 Å². The number of imidazole rings is 1. The van der Waals surface area contributed by atoms with Gasteiger partial charge in [0.25, 0.3) is 0 Å². The summed E-state index contributed by atoms with van der Waals surface area (Å²) >= 11 is 0. The first kappa shape index (κ1) is 25.9. The molecule has 0 atom stereocenters. The molecule has 0 bridgehead atoms. The van der Waals surface area contributed by atoms with Crippen LogP contribution in [-0.2, 0) is 18.5 Å². The van der Waals surface area contributed by atoms with Crippen molar-refractivity contribution >= 4 is 34.3 Å². The number of alkyl halides is 9. The van der Waals surface area contributed by atoms with E-state index in [4.69, 9.17) is 0 Å². The highest BCUT2D eigenvalue weighted by Crippen LogP contribution is 2.36. The molecule has 37 heavy (non-hydrogen) atoms. The summed E-state index contributed by atoms with van der Waals surface area (Å²) in [6, 6.07) is 2.56. The van der Waals surface area contributed by atoms with Crippen LogP contribution in [0.4, 0.5) is 71.3 Å². The van der Waals surface area contributed by atoms with E-state index < -0.39 is 81.4 Å². The Morgan fingerprint density at radius 2 is 1.05 bits per heavy atom. The Kier molecular flexibility index (Phi) is 6.12. The molecule has 4 rings (SSSR count). The maximum Gasteiger partial charge on any atom is 0.449 e. The normalized spacial score (nSPS) is 12.7. The zero-order chi connectivity index (χ0) is 27.3. The Morgan fingerprint density at radius 1 is 0.595 bits per heavy atom. The number of halogens is 11. The molecule has 4 aromatic rings. The molecule has 196 valence electrons. The van der Waals surface area contributed by atoms with Crippen molar-refractivity contribution in [2.75, 3.05) is 10.6 Å². The molecule has 0 amide bonds. The van der Waals surface area contributed by atoms with Crippen LogP contribution < -0.4 is 10.6 Å². The van der Waals surface area contributed by atoms with Crippen LogP contribution >= 0.6 is 0 Å². The zero-order valence-corrected chi connectivity index (χ0v) is 17.5. The summed E-state index contributed by atoms with van der Waals surface area (Å²) in [6.45, 7) is 0. The number of hydrogen-bond donors (Lipinski definition) is 3. The maximum atomic E-state index is 14.4. The molecule has 3 N–H and O–H groups in total. The van der Waals surface area contributed by atoms with Gasteiger partial charge < -0.3 is 15.6 Å². The van der Waals surface area contributed by atoms with Gasteiger partial charge in [-0.2, -0.15) is 39.5 Å². The Balaban J connectivity index is 1.79. The molecule has 17 heteroatoms. The minimum absolute atomic E-state index is 0.132. The summed E-state index contributed by atoms with van der Waals surface area (Å²) in [5, 5.41) is 4.44. The second-order valence-corrected chi connectivity index (χ2v) is 7.31. The Hall–Kier alpha value is -4.18. The average Bonchev–Trinajstić information content (AvgIpc) is 3.18. The summed E-state index contributed by atoms with van der Waals surface area (Å²) in [4.78, 5) is 12.5. The van der Waals surface area contributed by atoms with Gasteiger partial charge >= 0.3 is 18.5 Å². The molecule has 0 saturated heterocycles. The van der Waals surface area contributed by atoms with E-state index in [0.29, 0.717) is 24.3 Å². The molecule has 0 spiro atoms. The van der Waals surface area contributed by atoms with Gasteiger partial charge in [0.15, 0.2) is 22.9 Å². The summed E-state index contributed by atoms with van der Waals surface area (Å²) in [5.74, 6) is -5.68. The highest BCUT2D eigenvalue weighted by Gasteiger charge is 2.36. The number of hydrogen-bond acceptors (Lipinski definition) is 5. The number of anilines is 4. The predicted molar refractivity (Wildman–Crippen MR) is 106 cm³/mol. The summed E-state index contributed by atoms with van der Waals surface area (Å²) < 4.78 is 145. The van der Waals surface area contributed by atoms with Crippen LogP contribution in [0.3, 0.4) is 0 Å². The summed E-state index contributed by atoms with van der Waals surface area (Å²) in [7, 11) is 0.